The van der Waals surface area contributed by atoms with E-state index < -0.39 is 0 Å². The fraction of sp³-hybridized carbons (Fsp3) is 0.529. The summed E-state index contributed by atoms with van der Waals surface area (Å²) < 4.78 is 0. The molecule has 1 fully saturated rings. The molecule has 0 aliphatic carbocycles. The predicted molar refractivity (Wildman–Crippen MR) is 83.8 cm³/mol. The molecule has 0 bridgehead atoms. The van der Waals surface area contributed by atoms with Crippen LogP contribution in [0.5, 0.6) is 0 Å². The van der Waals surface area contributed by atoms with E-state index in [0.717, 1.165) is 24.3 Å². The maximum atomic E-state index is 12.1. The third-order valence-electron chi connectivity index (χ3n) is 3.83. The molecule has 1 aromatic carbocycles. The van der Waals surface area contributed by atoms with Gasteiger partial charge in [0.05, 0.1) is 19.0 Å². The summed E-state index contributed by atoms with van der Waals surface area (Å²) in [7, 11) is 0. The first-order valence-corrected chi connectivity index (χ1v) is 7.55. The monoisotopic (exact) mass is 285 g/mol. The zero-order chi connectivity index (χ0) is 15.2. The average molecular weight is 285 g/mol. The van der Waals surface area contributed by atoms with E-state index in [0.29, 0.717) is 24.8 Å². The van der Waals surface area contributed by atoms with Gasteiger partial charge in [-0.1, -0.05) is 26.0 Å². The first-order valence-electron chi connectivity index (χ1n) is 7.55. The average Bonchev–Trinajstić information content (AvgIpc) is 2.40. The van der Waals surface area contributed by atoms with Crippen molar-refractivity contribution in [3.63, 3.8) is 0 Å². The summed E-state index contributed by atoms with van der Waals surface area (Å²) in [6.45, 7) is 6.94. The predicted octanol–water partition coefficient (Wildman–Crippen LogP) is 2.67. The van der Waals surface area contributed by atoms with Crippen molar-refractivity contribution >= 4 is 11.6 Å². The van der Waals surface area contributed by atoms with Gasteiger partial charge in [-0.05, 0) is 36.0 Å². The number of carbonyl (C=O) groups excluding carboxylic acids is 1. The Balaban J connectivity index is 1.85. The number of piperidine rings is 1. The number of nitrogens with one attached hydrogen (secondary N) is 1. The highest BCUT2D eigenvalue weighted by Crippen LogP contribution is 2.20. The van der Waals surface area contributed by atoms with Crippen LogP contribution < -0.4 is 5.32 Å². The Kier molecular flexibility index (Phi) is 5.35. The van der Waals surface area contributed by atoms with Crippen molar-refractivity contribution < 1.29 is 4.79 Å². The molecule has 0 saturated carbocycles. The summed E-state index contributed by atoms with van der Waals surface area (Å²) in [5.41, 5.74) is 1.76. The molecule has 1 aliphatic heterocycles. The fourth-order valence-electron chi connectivity index (χ4n) is 3.12. The van der Waals surface area contributed by atoms with Crippen molar-refractivity contribution in [3.8, 4) is 6.07 Å². The molecule has 1 aliphatic rings. The highest BCUT2D eigenvalue weighted by molar-refractivity contribution is 5.92. The lowest BCUT2D eigenvalue weighted by Crippen LogP contribution is -2.42. The first kappa shape index (κ1) is 15.5. The van der Waals surface area contributed by atoms with Crippen LogP contribution in [0.3, 0.4) is 0 Å². The molecule has 2 rings (SSSR count). The standard InChI is InChI=1S/C17H23N3O/c1-13-9-14(2)11-20(10-13)12-17(21)19-16-5-3-15(4-6-16)7-8-18/h3-6,13-14H,7,9-12H2,1-2H3,(H,19,21)/t13-,14+. The Hall–Kier alpha value is -1.86. The summed E-state index contributed by atoms with van der Waals surface area (Å²) in [4.78, 5) is 14.3. The molecule has 0 spiro atoms. The molecule has 112 valence electrons. The van der Waals surface area contributed by atoms with E-state index in [1.807, 2.05) is 24.3 Å². The Morgan fingerprint density at radius 1 is 1.29 bits per heavy atom. The van der Waals surface area contributed by atoms with E-state index in [4.69, 9.17) is 5.26 Å². The van der Waals surface area contributed by atoms with Gasteiger partial charge in [0.15, 0.2) is 0 Å². The quantitative estimate of drug-likeness (QED) is 0.925. The summed E-state index contributed by atoms with van der Waals surface area (Å²) in [5, 5.41) is 11.6. The molecule has 1 aromatic rings. The number of nitriles is 1. The van der Waals surface area contributed by atoms with E-state index in [1.54, 1.807) is 0 Å². The lowest BCUT2D eigenvalue weighted by Gasteiger charge is -2.34. The van der Waals surface area contributed by atoms with Crippen molar-refractivity contribution in [2.75, 3.05) is 25.0 Å². The zero-order valence-electron chi connectivity index (χ0n) is 12.8. The minimum absolute atomic E-state index is 0.0318. The molecule has 1 saturated heterocycles. The largest absolute Gasteiger partial charge is 0.325 e. The first-order chi connectivity index (χ1) is 10.1. The molecule has 0 radical (unpaired) electrons. The molecule has 1 amide bonds. The van der Waals surface area contributed by atoms with Gasteiger partial charge in [-0.15, -0.1) is 0 Å². The minimum atomic E-state index is 0.0318. The van der Waals surface area contributed by atoms with Gasteiger partial charge in [0.1, 0.15) is 0 Å². The van der Waals surface area contributed by atoms with E-state index in [1.165, 1.54) is 6.42 Å². The van der Waals surface area contributed by atoms with Crippen molar-refractivity contribution in [1.82, 2.24) is 4.90 Å². The van der Waals surface area contributed by atoms with Crippen LogP contribution in [-0.4, -0.2) is 30.4 Å². The lowest BCUT2D eigenvalue weighted by atomic mass is 9.92. The zero-order valence-corrected chi connectivity index (χ0v) is 12.8. The molecular weight excluding hydrogens is 262 g/mol. The van der Waals surface area contributed by atoms with Crippen LogP contribution >= 0.6 is 0 Å². The van der Waals surface area contributed by atoms with E-state index in [9.17, 15) is 4.79 Å². The summed E-state index contributed by atoms with van der Waals surface area (Å²) in [5.74, 6) is 1.35. The van der Waals surface area contributed by atoms with Gasteiger partial charge in [-0.2, -0.15) is 5.26 Å². The van der Waals surface area contributed by atoms with Crippen LogP contribution in [0.4, 0.5) is 5.69 Å². The van der Waals surface area contributed by atoms with Crippen LogP contribution in [0.15, 0.2) is 24.3 Å². The van der Waals surface area contributed by atoms with Crippen LogP contribution in [0.1, 0.15) is 25.8 Å². The molecule has 4 nitrogen and oxygen atoms in total. The second-order valence-electron chi connectivity index (χ2n) is 6.22. The van der Waals surface area contributed by atoms with Gasteiger partial charge in [0.25, 0.3) is 0 Å². The highest BCUT2D eigenvalue weighted by atomic mass is 16.2. The molecule has 1 heterocycles. The summed E-state index contributed by atoms with van der Waals surface area (Å²) in [6.07, 6.45) is 1.65. The Bertz CT molecular complexity index is 508. The van der Waals surface area contributed by atoms with Gasteiger partial charge in [0, 0.05) is 18.8 Å². The minimum Gasteiger partial charge on any atom is -0.325 e. The number of hydrogen-bond donors (Lipinski definition) is 1. The van der Waals surface area contributed by atoms with Crippen LogP contribution in [-0.2, 0) is 11.2 Å². The van der Waals surface area contributed by atoms with Gasteiger partial charge in [-0.3, -0.25) is 9.69 Å². The number of likely N-dealkylation sites (tertiary alicyclic amines) is 1. The summed E-state index contributed by atoms with van der Waals surface area (Å²) >= 11 is 0. The van der Waals surface area contributed by atoms with Crippen LogP contribution in [0.25, 0.3) is 0 Å². The summed E-state index contributed by atoms with van der Waals surface area (Å²) in [6, 6.07) is 9.58. The molecule has 1 N–H and O–H groups in total. The number of carbonyl (C=O) groups is 1. The van der Waals surface area contributed by atoms with Crippen molar-refractivity contribution in [3.05, 3.63) is 29.8 Å². The Morgan fingerprint density at radius 3 is 2.48 bits per heavy atom. The molecule has 0 aromatic heterocycles. The Labute approximate surface area is 126 Å². The molecule has 21 heavy (non-hydrogen) atoms. The number of nitrogens with zero attached hydrogens (tertiary/aromatic N) is 2. The molecular formula is C17H23N3O. The number of anilines is 1. The highest BCUT2D eigenvalue weighted by Gasteiger charge is 2.23. The van der Waals surface area contributed by atoms with E-state index in [2.05, 4.69) is 30.1 Å². The second-order valence-corrected chi connectivity index (χ2v) is 6.22. The van der Waals surface area contributed by atoms with Gasteiger partial charge in [-0.25, -0.2) is 0 Å². The SMILES string of the molecule is C[C@@H]1C[C@H](C)CN(CC(=O)Nc2ccc(CC#N)cc2)C1. The normalized spacial score (nSPS) is 22.5. The smallest absolute Gasteiger partial charge is 0.238 e. The maximum absolute atomic E-state index is 12.1. The maximum Gasteiger partial charge on any atom is 0.238 e. The fourth-order valence-corrected chi connectivity index (χ4v) is 3.12. The number of rotatable bonds is 4. The van der Waals surface area contributed by atoms with Gasteiger partial charge in [0.2, 0.25) is 5.91 Å². The lowest BCUT2D eigenvalue weighted by molar-refractivity contribution is -0.117. The third kappa shape index (κ3) is 4.87. The second kappa shape index (κ2) is 7.24. The molecule has 2 atom stereocenters. The van der Waals surface area contributed by atoms with Crippen LogP contribution in [0, 0.1) is 23.2 Å². The Morgan fingerprint density at radius 2 is 1.90 bits per heavy atom. The molecule has 0 unspecified atom stereocenters. The van der Waals surface area contributed by atoms with Crippen molar-refractivity contribution in [1.29, 1.82) is 5.26 Å². The number of hydrogen-bond acceptors (Lipinski definition) is 3. The van der Waals surface area contributed by atoms with Gasteiger partial charge >= 0.3 is 0 Å². The van der Waals surface area contributed by atoms with Gasteiger partial charge < -0.3 is 5.32 Å². The van der Waals surface area contributed by atoms with E-state index in [-0.39, 0.29) is 5.91 Å². The van der Waals surface area contributed by atoms with Crippen LogP contribution in [0.2, 0.25) is 0 Å². The van der Waals surface area contributed by atoms with Crippen molar-refractivity contribution in [2.24, 2.45) is 11.8 Å². The topological polar surface area (TPSA) is 56.1 Å². The van der Waals surface area contributed by atoms with E-state index >= 15 is 0 Å². The third-order valence-corrected chi connectivity index (χ3v) is 3.83. The number of amides is 1. The number of benzene rings is 1. The van der Waals surface area contributed by atoms with Crippen molar-refractivity contribution in [2.45, 2.75) is 26.7 Å². The molecule has 4 heteroatoms.